The molecule has 4 aromatic rings. The first-order valence-electron chi connectivity index (χ1n) is 14.5. The van der Waals surface area contributed by atoms with E-state index in [4.69, 9.17) is 4.98 Å². The predicted molar refractivity (Wildman–Crippen MR) is 159 cm³/mol. The van der Waals surface area contributed by atoms with Crippen molar-refractivity contribution in [2.75, 3.05) is 35.8 Å². The number of pyridine rings is 2. The Balaban J connectivity index is 1.16. The Morgan fingerprint density at radius 2 is 1.70 bits per heavy atom. The van der Waals surface area contributed by atoms with Gasteiger partial charge in [-0.3, -0.25) is 9.52 Å². The van der Waals surface area contributed by atoms with E-state index in [0.717, 1.165) is 36.6 Å². The highest BCUT2D eigenvalue weighted by Crippen LogP contribution is 2.31. The molecule has 7 rings (SSSR count). The zero-order chi connectivity index (χ0) is 29.7. The zero-order valence-electron chi connectivity index (χ0n) is 23.3. The summed E-state index contributed by atoms with van der Waals surface area (Å²) in [5.74, 6) is -2.40. The van der Waals surface area contributed by atoms with E-state index >= 15 is 4.39 Å². The average Bonchev–Trinajstić information content (AvgIpc) is 3.70. The van der Waals surface area contributed by atoms with Gasteiger partial charge in [-0.05, 0) is 56.0 Å². The maximum Gasteiger partial charge on any atom is 0.301 e. The molecule has 0 saturated carbocycles. The molecule has 3 aliphatic heterocycles. The molecule has 0 aliphatic carbocycles. The highest BCUT2D eigenvalue weighted by molar-refractivity contribution is 7.90. The van der Waals surface area contributed by atoms with Crippen LogP contribution in [-0.2, 0) is 10.2 Å². The topological polar surface area (TPSA) is 123 Å². The van der Waals surface area contributed by atoms with Gasteiger partial charge in [0.15, 0.2) is 5.82 Å². The van der Waals surface area contributed by atoms with Gasteiger partial charge in [0.1, 0.15) is 17.3 Å². The van der Waals surface area contributed by atoms with Crippen molar-refractivity contribution in [3.05, 3.63) is 71.7 Å². The van der Waals surface area contributed by atoms with Crippen LogP contribution in [0.2, 0.25) is 0 Å². The maximum atomic E-state index is 15.6. The van der Waals surface area contributed by atoms with Gasteiger partial charge in [-0.25, -0.2) is 18.7 Å². The molecule has 10 nitrogen and oxygen atoms in total. The van der Waals surface area contributed by atoms with Crippen LogP contribution in [0.15, 0.2) is 48.9 Å². The molecule has 43 heavy (non-hydrogen) atoms. The molecule has 3 aromatic heterocycles. The second-order valence-electron chi connectivity index (χ2n) is 11.5. The minimum atomic E-state index is -4.05. The first-order valence-corrected chi connectivity index (χ1v) is 16.0. The van der Waals surface area contributed by atoms with Gasteiger partial charge >= 0.3 is 10.2 Å². The highest BCUT2D eigenvalue weighted by Gasteiger charge is 2.31. The molecule has 6 heterocycles. The monoisotopic (exact) mass is 607 g/mol. The summed E-state index contributed by atoms with van der Waals surface area (Å²) in [6.45, 7) is 2.45. The fraction of sp³-hybridized carbons (Fsp3) is 0.367. The maximum absolute atomic E-state index is 15.6. The molecule has 2 atom stereocenters. The molecule has 3 saturated heterocycles. The fourth-order valence-corrected chi connectivity index (χ4v) is 7.69. The van der Waals surface area contributed by atoms with Crippen LogP contribution in [0, 0.1) is 11.6 Å². The average molecular weight is 608 g/mol. The normalized spacial score (nSPS) is 20.9. The number of H-pyrrole nitrogens is 1. The number of rotatable bonds is 7. The number of ketones is 1. The number of anilines is 2. The number of nitrogens with one attached hydrogen (secondary N) is 3. The minimum absolute atomic E-state index is 0.0126. The third-order valence-electron chi connectivity index (χ3n) is 8.60. The second-order valence-corrected chi connectivity index (χ2v) is 13.1. The molecular formula is C30H31F2N7O3S. The SMILES string of the molecule is O=C(c1c(F)ccc(NS(=O)(=O)N2CCCC2)c1F)c1c[nH]c2ncc(-c3ccc(N4CC5CCCC(C4)N5)nc3)cc12. The van der Waals surface area contributed by atoms with Gasteiger partial charge in [-0.15, -0.1) is 0 Å². The van der Waals surface area contributed by atoms with Crippen molar-refractivity contribution in [2.45, 2.75) is 44.2 Å². The number of hydrogen-bond donors (Lipinski definition) is 3. The van der Waals surface area contributed by atoms with Crippen molar-refractivity contribution < 1.29 is 22.0 Å². The van der Waals surface area contributed by atoms with Gasteiger partial charge in [0.2, 0.25) is 5.78 Å². The van der Waals surface area contributed by atoms with Crippen LogP contribution in [-0.4, -0.2) is 71.7 Å². The van der Waals surface area contributed by atoms with Crippen LogP contribution in [0.1, 0.15) is 48.0 Å². The third-order valence-corrected chi connectivity index (χ3v) is 10.1. The standard InChI is InChI=1S/C30H31F2N7O3S/c31-24-7-8-25(37-43(41,42)39-10-1-2-11-39)28(32)27(24)29(40)23-15-35-30-22(23)12-19(14-34-30)18-6-9-26(33-13-18)38-16-20-4-3-5-21(17-38)36-20/h6-9,12-15,20-21,36-37H,1-5,10-11,16-17H2,(H,34,35). The molecule has 0 spiro atoms. The molecule has 1 aromatic carbocycles. The number of halogens is 2. The number of carbonyl (C=O) groups is 1. The molecule has 13 heteroatoms. The lowest BCUT2D eigenvalue weighted by molar-refractivity contribution is 0.103. The van der Waals surface area contributed by atoms with Gasteiger partial charge in [-0.1, -0.05) is 6.42 Å². The van der Waals surface area contributed by atoms with E-state index in [1.807, 2.05) is 12.1 Å². The molecule has 2 bridgehead atoms. The fourth-order valence-electron chi connectivity index (χ4n) is 6.39. The first kappa shape index (κ1) is 27.9. The molecule has 2 unspecified atom stereocenters. The van der Waals surface area contributed by atoms with Gasteiger partial charge in [0.05, 0.1) is 11.3 Å². The van der Waals surface area contributed by atoms with Crippen LogP contribution in [0.4, 0.5) is 20.3 Å². The van der Waals surface area contributed by atoms with Gasteiger partial charge in [-0.2, -0.15) is 12.7 Å². The van der Waals surface area contributed by atoms with Crippen LogP contribution in [0.5, 0.6) is 0 Å². The summed E-state index contributed by atoms with van der Waals surface area (Å²) in [6, 6.07) is 8.48. The van der Waals surface area contributed by atoms with Crippen molar-refractivity contribution in [1.82, 2.24) is 24.6 Å². The Morgan fingerprint density at radius 1 is 0.953 bits per heavy atom. The Labute approximate surface area is 247 Å². The van der Waals surface area contributed by atoms with E-state index in [1.54, 1.807) is 18.5 Å². The molecule has 3 fully saturated rings. The first-order chi connectivity index (χ1) is 20.8. The Bertz CT molecular complexity index is 1790. The molecule has 224 valence electrons. The van der Waals surface area contributed by atoms with Gasteiger partial charge in [0.25, 0.3) is 0 Å². The lowest BCUT2D eigenvalue weighted by atomic mass is 9.94. The number of hydrogen-bond acceptors (Lipinski definition) is 7. The largest absolute Gasteiger partial charge is 0.353 e. The Morgan fingerprint density at radius 3 is 2.42 bits per heavy atom. The number of carbonyl (C=O) groups excluding carboxylic acids is 1. The van der Waals surface area contributed by atoms with Crippen LogP contribution < -0.4 is 14.9 Å². The summed E-state index contributed by atoms with van der Waals surface area (Å²) >= 11 is 0. The number of aromatic nitrogens is 3. The Kier molecular flexibility index (Phi) is 7.10. The molecule has 0 amide bonds. The van der Waals surface area contributed by atoms with Crippen molar-refractivity contribution in [3.63, 3.8) is 0 Å². The molecule has 0 radical (unpaired) electrons. The number of piperazine rings is 1. The zero-order valence-corrected chi connectivity index (χ0v) is 24.1. The smallest absolute Gasteiger partial charge is 0.301 e. The molecular weight excluding hydrogens is 576 g/mol. The lowest BCUT2D eigenvalue weighted by Crippen LogP contribution is -2.59. The number of aromatic amines is 1. The van der Waals surface area contributed by atoms with Crippen molar-refractivity contribution in [1.29, 1.82) is 0 Å². The summed E-state index contributed by atoms with van der Waals surface area (Å²) in [4.78, 5) is 27.9. The van der Waals surface area contributed by atoms with Crippen molar-refractivity contribution in [3.8, 4) is 11.1 Å². The van der Waals surface area contributed by atoms with E-state index in [9.17, 15) is 17.6 Å². The highest BCUT2D eigenvalue weighted by atomic mass is 32.2. The number of nitrogens with zero attached hydrogens (tertiary/aromatic N) is 4. The van der Waals surface area contributed by atoms with Crippen LogP contribution in [0.3, 0.4) is 0 Å². The van der Waals surface area contributed by atoms with Crippen LogP contribution >= 0.6 is 0 Å². The number of fused-ring (bicyclic) bond motifs is 3. The number of benzene rings is 1. The van der Waals surface area contributed by atoms with E-state index in [2.05, 4.69) is 24.9 Å². The van der Waals surface area contributed by atoms with E-state index < -0.39 is 38.9 Å². The number of piperidine rings is 1. The van der Waals surface area contributed by atoms with E-state index in [-0.39, 0.29) is 5.56 Å². The summed E-state index contributed by atoms with van der Waals surface area (Å²) < 4.78 is 59.2. The van der Waals surface area contributed by atoms with E-state index in [1.165, 1.54) is 29.8 Å². The minimum Gasteiger partial charge on any atom is -0.353 e. The van der Waals surface area contributed by atoms with E-state index in [0.29, 0.717) is 54.6 Å². The quantitative estimate of drug-likeness (QED) is 0.269. The van der Waals surface area contributed by atoms with Crippen LogP contribution in [0.25, 0.3) is 22.2 Å². The molecule has 3 aliphatic rings. The van der Waals surface area contributed by atoms with Gasteiger partial charge < -0.3 is 15.2 Å². The Hall–Kier alpha value is -3.94. The third kappa shape index (κ3) is 5.25. The summed E-state index contributed by atoms with van der Waals surface area (Å²) in [5.41, 5.74) is 0.512. The second kappa shape index (κ2) is 11.0. The molecule has 3 N–H and O–H groups in total. The summed E-state index contributed by atoms with van der Waals surface area (Å²) in [7, 11) is -4.05. The summed E-state index contributed by atoms with van der Waals surface area (Å²) in [6.07, 6.45) is 9.75. The van der Waals surface area contributed by atoms with Crippen molar-refractivity contribution in [2.24, 2.45) is 0 Å². The predicted octanol–water partition coefficient (Wildman–Crippen LogP) is 4.22. The lowest BCUT2D eigenvalue weighted by Gasteiger charge is -2.43. The summed E-state index contributed by atoms with van der Waals surface area (Å²) in [5, 5.41) is 4.05. The van der Waals surface area contributed by atoms with Gasteiger partial charge in [0, 0.05) is 78.9 Å². The van der Waals surface area contributed by atoms with Crippen molar-refractivity contribution >= 4 is 38.5 Å².